The van der Waals surface area contributed by atoms with Crippen molar-refractivity contribution in [1.29, 1.82) is 0 Å². The highest BCUT2D eigenvalue weighted by Gasteiger charge is 2.09. The number of nitrogen functional groups attached to an aromatic ring is 1. The minimum absolute atomic E-state index is 0.0933. The molecule has 0 unspecified atom stereocenters. The van der Waals surface area contributed by atoms with Crippen LogP contribution in [0.25, 0.3) is 0 Å². The van der Waals surface area contributed by atoms with Crippen molar-refractivity contribution in [3.63, 3.8) is 0 Å². The molecule has 0 aliphatic rings. The Morgan fingerprint density at radius 3 is 3.07 bits per heavy atom. The molecule has 4 N–H and O–H groups in total. The molecule has 5 nitrogen and oxygen atoms in total. The van der Waals surface area contributed by atoms with E-state index in [1.54, 1.807) is 0 Å². The first kappa shape index (κ1) is 10.9. The van der Waals surface area contributed by atoms with E-state index in [2.05, 4.69) is 26.2 Å². The van der Waals surface area contributed by atoms with Gasteiger partial charge in [-0.25, -0.2) is 4.98 Å². The number of halogens is 1. The van der Waals surface area contributed by atoms with Gasteiger partial charge in [0.2, 0.25) is 0 Å². The largest absolute Gasteiger partial charge is 0.395 e. The standard InChI is InChI=1S/C8H10BrN3O2/c9-6-4-12-7(10)3-5(6)8(14)11-1-2-13/h3-4,13H,1-2H2,(H2,10,12)(H,11,14). The Labute approximate surface area is 89.5 Å². The van der Waals surface area contributed by atoms with Gasteiger partial charge in [0.15, 0.2) is 0 Å². The van der Waals surface area contributed by atoms with E-state index in [1.165, 1.54) is 12.3 Å². The van der Waals surface area contributed by atoms with Crippen molar-refractivity contribution in [3.05, 3.63) is 22.3 Å². The molecule has 6 heteroatoms. The lowest BCUT2D eigenvalue weighted by Crippen LogP contribution is -2.26. The van der Waals surface area contributed by atoms with E-state index in [-0.39, 0.29) is 24.9 Å². The molecular weight excluding hydrogens is 250 g/mol. The molecule has 0 saturated heterocycles. The van der Waals surface area contributed by atoms with Crippen LogP contribution in [0.15, 0.2) is 16.7 Å². The summed E-state index contributed by atoms with van der Waals surface area (Å²) in [5.41, 5.74) is 5.84. The second kappa shape index (κ2) is 4.92. The Morgan fingerprint density at radius 1 is 1.71 bits per heavy atom. The number of nitrogens with one attached hydrogen (secondary N) is 1. The number of rotatable bonds is 3. The topological polar surface area (TPSA) is 88.2 Å². The van der Waals surface area contributed by atoms with Gasteiger partial charge >= 0.3 is 0 Å². The van der Waals surface area contributed by atoms with Gasteiger partial charge in [0.1, 0.15) is 5.82 Å². The maximum Gasteiger partial charge on any atom is 0.252 e. The van der Waals surface area contributed by atoms with Crippen LogP contribution in [-0.2, 0) is 0 Å². The number of carbonyl (C=O) groups excluding carboxylic acids is 1. The third-order valence-electron chi connectivity index (χ3n) is 1.52. The Hall–Kier alpha value is -1.14. The summed E-state index contributed by atoms with van der Waals surface area (Å²) < 4.78 is 0.571. The highest BCUT2D eigenvalue weighted by Crippen LogP contribution is 2.16. The number of anilines is 1. The highest BCUT2D eigenvalue weighted by molar-refractivity contribution is 9.10. The van der Waals surface area contributed by atoms with Crippen molar-refractivity contribution in [3.8, 4) is 0 Å². The summed E-state index contributed by atoms with van der Waals surface area (Å²) in [6.07, 6.45) is 1.46. The van der Waals surface area contributed by atoms with Crippen LogP contribution in [0.3, 0.4) is 0 Å². The first-order chi connectivity index (χ1) is 6.65. The predicted molar refractivity (Wildman–Crippen MR) is 55.8 cm³/mol. The highest BCUT2D eigenvalue weighted by atomic mass is 79.9. The molecule has 76 valence electrons. The van der Waals surface area contributed by atoms with Crippen LogP contribution in [0, 0.1) is 0 Å². The summed E-state index contributed by atoms with van der Waals surface area (Å²) in [6.45, 7) is 0.122. The van der Waals surface area contributed by atoms with Crippen molar-refractivity contribution in [1.82, 2.24) is 10.3 Å². The number of hydrogen-bond donors (Lipinski definition) is 3. The van der Waals surface area contributed by atoms with E-state index in [1.807, 2.05) is 0 Å². The van der Waals surface area contributed by atoms with Crippen LogP contribution in [-0.4, -0.2) is 29.1 Å². The molecule has 0 atom stereocenters. The first-order valence-electron chi connectivity index (χ1n) is 3.95. The van der Waals surface area contributed by atoms with Gasteiger partial charge in [-0.3, -0.25) is 4.79 Å². The molecule has 0 aromatic carbocycles. The average molecular weight is 260 g/mol. The second-order valence-electron chi connectivity index (χ2n) is 2.57. The summed E-state index contributed by atoms with van der Waals surface area (Å²) >= 11 is 3.18. The van der Waals surface area contributed by atoms with Crippen molar-refractivity contribution in [2.45, 2.75) is 0 Å². The Morgan fingerprint density at radius 2 is 2.43 bits per heavy atom. The van der Waals surface area contributed by atoms with E-state index in [4.69, 9.17) is 10.8 Å². The van der Waals surface area contributed by atoms with Crippen LogP contribution < -0.4 is 11.1 Å². The number of carbonyl (C=O) groups is 1. The van der Waals surface area contributed by atoms with Gasteiger partial charge in [-0.2, -0.15) is 0 Å². The van der Waals surface area contributed by atoms with Gasteiger partial charge in [0.05, 0.1) is 12.2 Å². The third-order valence-corrected chi connectivity index (χ3v) is 2.15. The minimum atomic E-state index is -0.292. The molecule has 0 saturated carbocycles. The molecule has 14 heavy (non-hydrogen) atoms. The fraction of sp³-hybridized carbons (Fsp3) is 0.250. The van der Waals surface area contributed by atoms with Gasteiger partial charge in [-0.15, -0.1) is 0 Å². The Kier molecular flexibility index (Phi) is 3.84. The van der Waals surface area contributed by atoms with Crippen LogP contribution in [0.4, 0.5) is 5.82 Å². The lowest BCUT2D eigenvalue weighted by atomic mass is 10.2. The SMILES string of the molecule is Nc1cc(C(=O)NCCO)c(Br)cn1. The molecule has 0 aliphatic heterocycles. The zero-order chi connectivity index (χ0) is 10.6. The van der Waals surface area contributed by atoms with E-state index >= 15 is 0 Å². The lowest BCUT2D eigenvalue weighted by Gasteiger charge is -2.05. The number of amides is 1. The van der Waals surface area contributed by atoms with Gasteiger partial charge in [0.25, 0.3) is 5.91 Å². The normalized spacial score (nSPS) is 9.86. The number of nitrogens with two attached hydrogens (primary N) is 1. The predicted octanol–water partition coefficient (Wildman–Crippen LogP) is 0.148. The lowest BCUT2D eigenvalue weighted by molar-refractivity contribution is 0.0944. The van der Waals surface area contributed by atoms with Crippen molar-refractivity contribution >= 4 is 27.7 Å². The molecule has 1 amide bonds. The fourth-order valence-corrected chi connectivity index (χ4v) is 1.29. The zero-order valence-electron chi connectivity index (χ0n) is 7.33. The molecule has 1 rings (SSSR count). The minimum Gasteiger partial charge on any atom is -0.395 e. The summed E-state index contributed by atoms with van der Waals surface area (Å²) in [6, 6.07) is 1.47. The Bertz CT molecular complexity index is 343. The number of aromatic nitrogens is 1. The third kappa shape index (κ3) is 2.68. The van der Waals surface area contributed by atoms with E-state index in [9.17, 15) is 4.79 Å². The summed E-state index contributed by atoms with van der Waals surface area (Å²) in [4.78, 5) is 15.2. The second-order valence-corrected chi connectivity index (χ2v) is 3.42. The van der Waals surface area contributed by atoms with Crippen LogP contribution >= 0.6 is 15.9 Å². The van der Waals surface area contributed by atoms with Gasteiger partial charge in [-0.05, 0) is 22.0 Å². The Balaban J connectivity index is 2.83. The van der Waals surface area contributed by atoms with Gasteiger partial charge < -0.3 is 16.2 Å². The van der Waals surface area contributed by atoms with E-state index in [0.717, 1.165) is 0 Å². The molecule has 0 aliphatic carbocycles. The molecule has 1 heterocycles. The number of pyridine rings is 1. The number of nitrogens with zero attached hydrogens (tertiary/aromatic N) is 1. The molecule has 1 aromatic rings. The summed E-state index contributed by atoms with van der Waals surface area (Å²) in [7, 11) is 0. The molecule has 1 aromatic heterocycles. The summed E-state index contributed by atoms with van der Waals surface area (Å²) in [5, 5.41) is 11.0. The monoisotopic (exact) mass is 259 g/mol. The first-order valence-corrected chi connectivity index (χ1v) is 4.74. The molecule has 0 fully saturated rings. The van der Waals surface area contributed by atoms with Gasteiger partial charge in [-0.1, -0.05) is 0 Å². The zero-order valence-corrected chi connectivity index (χ0v) is 8.91. The molecule has 0 spiro atoms. The van der Waals surface area contributed by atoms with Crippen molar-refractivity contribution in [2.24, 2.45) is 0 Å². The molecule has 0 radical (unpaired) electrons. The van der Waals surface area contributed by atoms with E-state index in [0.29, 0.717) is 10.0 Å². The summed E-state index contributed by atoms with van der Waals surface area (Å²) in [5.74, 6) is -0.0117. The van der Waals surface area contributed by atoms with E-state index < -0.39 is 0 Å². The number of aliphatic hydroxyl groups is 1. The number of hydrogen-bond acceptors (Lipinski definition) is 4. The maximum atomic E-state index is 11.4. The number of aliphatic hydroxyl groups excluding tert-OH is 1. The molecular formula is C8H10BrN3O2. The fourth-order valence-electron chi connectivity index (χ4n) is 0.894. The van der Waals surface area contributed by atoms with Crippen molar-refractivity contribution < 1.29 is 9.90 Å². The van der Waals surface area contributed by atoms with Gasteiger partial charge in [0, 0.05) is 17.2 Å². The smallest absolute Gasteiger partial charge is 0.252 e. The molecule has 0 bridgehead atoms. The quantitative estimate of drug-likeness (QED) is 0.721. The van der Waals surface area contributed by atoms with Crippen molar-refractivity contribution in [2.75, 3.05) is 18.9 Å². The van der Waals surface area contributed by atoms with Crippen LogP contribution in [0.2, 0.25) is 0 Å². The van der Waals surface area contributed by atoms with Crippen LogP contribution in [0.5, 0.6) is 0 Å². The maximum absolute atomic E-state index is 11.4. The average Bonchev–Trinajstić information content (AvgIpc) is 2.18. The van der Waals surface area contributed by atoms with Crippen LogP contribution in [0.1, 0.15) is 10.4 Å².